The number of para-hydroxylation sites is 1. The molecule has 0 radical (unpaired) electrons. The molecular formula is C18H30N2O2+2. The molecule has 2 N–H and O–H groups in total. The summed E-state index contributed by atoms with van der Waals surface area (Å²) in [6, 6.07) is 7.59. The fourth-order valence-corrected chi connectivity index (χ4v) is 2.95. The minimum Gasteiger partial charge on any atom is -0.493 e. The molecule has 0 spiro atoms. The molecule has 4 nitrogen and oxygen atoms in total. The molecule has 122 valence electrons. The van der Waals surface area contributed by atoms with Crippen molar-refractivity contribution >= 4 is 5.78 Å². The number of hydrogen-bond acceptors (Lipinski definition) is 2. The number of quaternary nitrogens is 2. The molecule has 1 aliphatic rings. The first-order valence-corrected chi connectivity index (χ1v) is 8.60. The lowest BCUT2D eigenvalue weighted by Crippen LogP contribution is -3.27. The Labute approximate surface area is 134 Å². The second kappa shape index (κ2) is 8.91. The summed E-state index contributed by atoms with van der Waals surface area (Å²) in [4.78, 5) is 15.3. The molecule has 1 heterocycles. The Balaban J connectivity index is 1.68. The van der Waals surface area contributed by atoms with Crippen molar-refractivity contribution in [1.29, 1.82) is 0 Å². The minimum absolute atomic E-state index is 0.153. The number of piperazine rings is 1. The summed E-state index contributed by atoms with van der Waals surface area (Å²) >= 11 is 0. The third-order valence-electron chi connectivity index (χ3n) is 4.50. The maximum absolute atomic E-state index is 11.9. The van der Waals surface area contributed by atoms with E-state index in [0.717, 1.165) is 17.7 Å². The molecule has 1 aromatic rings. The minimum atomic E-state index is 0.153. The van der Waals surface area contributed by atoms with Crippen LogP contribution >= 0.6 is 0 Å². The summed E-state index contributed by atoms with van der Waals surface area (Å²) in [6.45, 7) is 9.00. The number of ketones is 1. The van der Waals surface area contributed by atoms with Gasteiger partial charge in [0.2, 0.25) is 0 Å². The van der Waals surface area contributed by atoms with E-state index < -0.39 is 0 Å². The molecule has 0 aromatic heterocycles. The van der Waals surface area contributed by atoms with Gasteiger partial charge in [-0.3, -0.25) is 4.79 Å². The van der Waals surface area contributed by atoms with Gasteiger partial charge in [0.1, 0.15) is 31.9 Å². The number of likely N-dealkylation sites (N-methyl/N-ethyl adjacent to an activating group) is 1. The van der Waals surface area contributed by atoms with Crippen molar-refractivity contribution in [3.05, 3.63) is 29.8 Å². The van der Waals surface area contributed by atoms with Gasteiger partial charge in [0, 0.05) is 6.42 Å². The van der Waals surface area contributed by atoms with E-state index in [0.29, 0.717) is 13.0 Å². The summed E-state index contributed by atoms with van der Waals surface area (Å²) in [5, 5.41) is 0. The van der Waals surface area contributed by atoms with Gasteiger partial charge >= 0.3 is 0 Å². The third-order valence-corrected chi connectivity index (χ3v) is 4.50. The van der Waals surface area contributed by atoms with Gasteiger partial charge in [-0.2, -0.15) is 0 Å². The molecular weight excluding hydrogens is 276 g/mol. The Kier molecular flexibility index (Phi) is 6.87. The van der Waals surface area contributed by atoms with Crippen LogP contribution in [0.4, 0.5) is 0 Å². The summed E-state index contributed by atoms with van der Waals surface area (Å²) in [7, 11) is 2.28. The predicted molar refractivity (Wildman–Crippen MR) is 88.0 cm³/mol. The van der Waals surface area contributed by atoms with Crippen LogP contribution in [-0.4, -0.2) is 52.2 Å². The van der Waals surface area contributed by atoms with Crippen LogP contribution in [0.5, 0.6) is 5.75 Å². The van der Waals surface area contributed by atoms with Crippen LogP contribution < -0.4 is 14.5 Å². The van der Waals surface area contributed by atoms with Crippen LogP contribution in [0.3, 0.4) is 0 Å². The summed E-state index contributed by atoms with van der Waals surface area (Å²) < 4.78 is 5.83. The number of Topliss-reactive ketones (excluding diaryl/α,β-unsaturated/α-hetero) is 1. The van der Waals surface area contributed by atoms with Gasteiger partial charge in [-0.05, 0) is 25.0 Å². The molecule has 0 saturated carbocycles. The van der Waals surface area contributed by atoms with Crippen LogP contribution in [0.1, 0.15) is 36.5 Å². The maximum Gasteiger partial charge on any atom is 0.166 e. The van der Waals surface area contributed by atoms with Crippen LogP contribution in [0, 0.1) is 0 Å². The highest BCUT2D eigenvalue weighted by Crippen LogP contribution is 2.19. The first kappa shape index (κ1) is 17.0. The third kappa shape index (κ3) is 5.11. The van der Waals surface area contributed by atoms with E-state index in [1.807, 2.05) is 31.2 Å². The monoisotopic (exact) mass is 306 g/mol. The second-order valence-electron chi connectivity index (χ2n) is 6.29. The lowest BCUT2D eigenvalue weighted by molar-refractivity contribution is -1.00. The largest absolute Gasteiger partial charge is 0.493 e. The van der Waals surface area contributed by atoms with Gasteiger partial charge in [-0.25, -0.2) is 0 Å². The van der Waals surface area contributed by atoms with Crippen molar-refractivity contribution < 1.29 is 19.3 Å². The Morgan fingerprint density at radius 3 is 2.59 bits per heavy atom. The zero-order chi connectivity index (χ0) is 15.8. The van der Waals surface area contributed by atoms with E-state index in [9.17, 15) is 4.79 Å². The summed E-state index contributed by atoms with van der Waals surface area (Å²) in [5.41, 5.74) is 0.720. The molecule has 0 atom stereocenters. The summed E-state index contributed by atoms with van der Waals surface area (Å²) in [5.74, 6) is 0.893. The van der Waals surface area contributed by atoms with Crippen molar-refractivity contribution in [2.24, 2.45) is 0 Å². The molecule has 0 bridgehead atoms. The molecule has 4 heteroatoms. The normalized spacial score (nSPS) is 21.5. The first-order chi connectivity index (χ1) is 10.7. The number of carbonyl (C=O) groups excluding carboxylic acids is 1. The SMILES string of the molecule is CCC(=O)c1ccccc1OCCCC[NH+]1CC[NH+](C)CC1. The van der Waals surface area contributed by atoms with Crippen molar-refractivity contribution in [2.75, 3.05) is 46.4 Å². The average Bonchev–Trinajstić information content (AvgIpc) is 2.56. The van der Waals surface area contributed by atoms with Gasteiger partial charge in [-0.15, -0.1) is 0 Å². The van der Waals surface area contributed by atoms with Crippen molar-refractivity contribution in [3.8, 4) is 5.75 Å². The number of carbonyl (C=O) groups is 1. The van der Waals surface area contributed by atoms with Gasteiger partial charge < -0.3 is 14.5 Å². The molecule has 0 aliphatic carbocycles. The molecule has 1 aliphatic heterocycles. The highest BCUT2D eigenvalue weighted by atomic mass is 16.5. The lowest BCUT2D eigenvalue weighted by Gasteiger charge is -2.27. The van der Waals surface area contributed by atoms with Gasteiger partial charge in [0.25, 0.3) is 0 Å². The van der Waals surface area contributed by atoms with E-state index in [-0.39, 0.29) is 5.78 Å². The lowest BCUT2D eigenvalue weighted by atomic mass is 10.1. The van der Waals surface area contributed by atoms with Gasteiger partial charge in [0.15, 0.2) is 5.78 Å². The molecule has 1 fully saturated rings. The number of hydrogen-bond donors (Lipinski definition) is 2. The number of nitrogens with one attached hydrogen (secondary N) is 2. The van der Waals surface area contributed by atoms with Crippen molar-refractivity contribution in [3.63, 3.8) is 0 Å². The van der Waals surface area contributed by atoms with E-state index in [1.54, 1.807) is 9.80 Å². The second-order valence-corrected chi connectivity index (χ2v) is 6.29. The van der Waals surface area contributed by atoms with Crippen LogP contribution in [0.25, 0.3) is 0 Å². The number of rotatable bonds is 8. The van der Waals surface area contributed by atoms with E-state index >= 15 is 0 Å². The van der Waals surface area contributed by atoms with Crippen molar-refractivity contribution in [1.82, 2.24) is 0 Å². The molecule has 0 unspecified atom stereocenters. The average molecular weight is 306 g/mol. The first-order valence-electron chi connectivity index (χ1n) is 8.60. The van der Waals surface area contributed by atoms with Crippen LogP contribution in [0.2, 0.25) is 0 Å². The summed E-state index contributed by atoms with van der Waals surface area (Å²) in [6.07, 6.45) is 2.77. The number of benzene rings is 1. The number of ether oxygens (including phenoxy) is 1. The standard InChI is InChI=1S/C18H28N2O2/c1-3-17(21)16-8-4-5-9-18(16)22-15-7-6-10-20-13-11-19(2)12-14-20/h4-5,8-9H,3,6-7,10-15H2,1-2H3/p+2. The Hall–Kier alpha value is -1.39. The fourth-order valence-electron chi connectivity index (χ4n) is 2.95. The topological polar surface area (TPSA) is 35.2 Å². The maximum atomic E-state index is 11.9. The van der Waals surface area contributed by atoms with Gasteiger partial charge in [0.05, 0.1) is 25.8 Å². The van der Waals surface area contributed by atoms with Gasteiger partial charge in [-0.1, -0.05) is 19.1 Å². The Bertz CT molecular complexity index is 468. The molecule has 1 aromatic carbocycles. The fraction of sp³-hybridized carbons (Fsp3) is 0.611. The highest BCUT2D eigenvalue weighted by Gasteiger charge is 2.18. The predicted octanol–water partition coefficient (Wildman–Crippen LogP) is -0.148. The zero-order valence-corrected chi connectivity index (χ0v) is 14.0. The quantitative estimate of drug-likeness (QED) is 0.518. The van der Waals surface area contributed by atoms with E-state index in [4.69, 9.17) is 4.74 Å². The van der Waals surface area contributed by atoms with E-state index in [2.05, 4.69) is 7.05 Å². The number of unbranched alkanes of at least 4 members (excludes halogenated alkanes) is 1. The van der Waals surface area contributed by atoms with E-state index in [1.165, 1.54) is 39.1 Å². The van der Waals surface area contributed by atoms with Crippen LogP contribution in [0.15, 0.2) is 24.3 Å². The Morgan fingerprint density at radius 2 is 1.86 bits per heavy atom. The molecule has 2 rings (SSSR count). The van der Waals surface area contributed by atoms with Crippen molar-refractivity contribution in [2.45, 2.75) is 26.2 Å². The smallest absolute Gasteiger partial charge is 0.166 e. The zero-order valence-electron chi connectivity index (χ0n) is 14.0. The highest BCUT2D eigenvalue weighted by molar-refractivity contribution is 5.98. The van der Waals surface area contributed by atoms with Crippen LogP contribution in [-0.2, 0) is 0 Å². The molecule has 1 saturated heterocycles. The molecule has 0 amide bonds. The molecule has 22 heavy (non-hydrogen) atoms. The Morgan fingerprint density at radius 1 is 1.14 bits per heavy atom.